The number of rotatable bonds is 1. The second-order valence-corrected chi connectivity index (χ2v) is 4.30. The van der Waals surface area contributed by atoms with Gasteiger partial charge in [0.05, 0.1) is 0 Å². The zero-order valence-corrected chi connectivity index (χ0v) is 11.3. The zero-order valence-electron chi connectivity index (χ0n) is 9.46. The van der Waals surface area contributed by atoms with Crippen LogP contribution in [0.2, 0.25) is 0 Å². The van der Waals surface area contributed by atoms with E-state index in [9.17, 15) is 0 Å². The summed E-state index contributed by atoms with van der Waals surface area (Å²) in [7, 11) is 0. The molecule has 0 aliphatic carbocycles. The molecule has 0 aliphatic rings. The van der Waals surface area contributed by atoms with E-state index in [2.05, 4.69) is 58.2 Å². The first-order valence-corrected chi connectivity index (χ1v) is 6.11. The van der Waals surface area contributed by atoms with Crippen molar-refractivity contribution in [2.45, 2.75) is 33.4 Å². The predicted molar refractivity (Wildman–Crippen MR) is 72.9 cm³/mol. The minimum absolute atomic E-state index is 0.845. The fourth-order valence-electron chi connectivity index (χ4n) is 1.46. The molecule has 0 N–H and O–H groups in total. The first kappa shape index (κ1) is 13.9. The van der Waals surface area contributed by atoms with Crippen LogP contribution in [0.1, 0.15) is 29.2 Å². The Morgan fingerprint density at radius 1 is 1.00 bits per heavy atom. The monoisotopic (exact) mass is 228 g/mol. The molecule has 0 fully saturated rings. The highest BCUT2D eigenvalue weighted by atomic mass is 32.1. The molecule has 1 rings (SSSR count). The molecule has 0 heterocycles. The lowest BCUT2D eigenvalue weighted by Gasteiger charge is -2.07. The Bertz CT molecular complexity index is 257. The van der Waals surface area contributed by atoms with Crippen LogP contribution in [0.25, 0.3) is 0 Å². The lowest BCUT2D eigenvalue weighted by atomic mass is 10.0. The molecular formula is C12H20S2. The van der Waals surface area contributed by atoms with Crippen LogP contribution in [0.5, 0.6) is 0 Å². The van der Waals surface area contributed by atoms with Crippen LogP contribution in [0, 0.1) is 20.8 Å². The van der Waals surface area contributed by atoms with E-state index in [0.717, 1.165) is 11.5 Å². The summed E-state index contributed by atoms with van der Waals surface area (Å²) in [5, 5.41) is 0. The van der Waals surface area contributed by atoms with Crippen molar-refractivity contribution in [1.29, 1.82) is 0 Å². The fraction of sp³-hybridized carbons (Fsp3) is 0.500. The molecule has 0 atom stereocenters. The Morgan fingerprint density at radius 2 is 1.36 bits per heavy atom. The Morgan fingerprint density at radius 3 is 1.64 bits per heavy atom. The van der Waals surface area contributed by atoms with Crippen molar-refractivity contribution in [2.75, 3.05) is 5.75 Å². The lowest BCUT2D eigenvalue weighted by Crippen LogP contribution is -1.90. The third-order valence-corrected chi connectivity index (χ3v) is 2.31. The van der Waals surface area contributed by atoms with Gasteiger partial charge >= 0.3 is 0 Å². The molecule has 14 heavy (non-hydrogen) atoms. The average molecular weight is 228 g/mol. The van der Waals surface area contributed by atoms with Crippen LogP contribution < -0.4 is 0 Å². The van der Waals surface area contributed by atoms with Crippen LogP contribution in [0.4, 0.5) is 0 Å². The first-order valence-electron chi connectivity index (χ1n) is 4.85. The van der Waals surface area contributed by atoms with Crippen molar-refractivity contribution in [1.82, 2.24) is 0 Å². The van der Waals surface area contributed by atoms with Gasteiger partial charge < -0.3 is 0 Å². The van der Waals surface area contributed by atoms with E-state index in [1.54, 1.807) is 0 Å². The van der Waals surface area contributed by atoms with Crippen molar-refractivity contribution in [3.05, 3.63) is 34.4 Å². The van der Waals surface area contributed by atoms with Gasteiger partial charge in [0.2, 0.25) is 0 Å². The molecule has 80 valence electrons. The molecule has 0 bridgehead atoms. The van der Waals surface area contributed by atoms with Crippen LogP contribution in [0.15, 0.2) is 12.1 Å². The fourth-order valence-corrected chi connectivity index (χ4v) is 1.96. The Hall–Kier alpha value is -0.0800. The SMILES string of the molecule is CCS.Cc1cc(C)c(CS)c(C)c1. The molecule has 0 amide bonds. The first-order chi connectivity index (χ1) is 6.56. The molecule has 1 aromatic carbocycles. The summed E-state index contributed by atoms with van der Waals surface area (Å²) in [6, 6.07) is 4.41. The summed E-state index contributed by atoms with van der Waals surface area (Å²) in [5.41, 5.74) is 5.43. The van der Waals surface area contributed by atoms with E-state index in [1.807, 2.05) is 6.92 Å². The third-order valence-electron chi connectivity index (χ3n) is 2.00. The van der Waals surface area contributed by atoms with Crippen molar-refractivity contribution in [3.8, 4) is 0 Å². The van der Waals surface area contributed by atoms with E-state index < -0.39 is 0 Å². The Labute approximate surface area is 98.9 Å². The van der Waals surface area contributed by atoms with E-state index in [0.29, 0.717) is 0 Å². The maximum atomic E-state index is 4.28. The smallest absolute Gasteiger partial charge is 0.0159 e. The largest absolute Gasteiger partial charge is 0.180 e. The van der Waals surface area contributed by atoms with Gasteiger partial charge in [0, 0.05) is 5.75 Å². The van der Waals surface area contributed by atoms with Crippen LogP contribution in [-0.2, 0) is 5.75 Å². The summed E-state index contributed by atoms with van der Waals surface area (Å²) in [5.74, 6) is 1.79. The molecule has 0 spiro atoms. The number of aryl methyl sites for hydroxylation is 3. The van der Waals surface area contributed by atoms with Crippen molar-refractivity contribution in [2.24, 2.45) is 0 Å². The van der Waals surface area contributed by atoms with Gasteiger partial charge in [-0.15, -0.1) is 0 Å². The molecule has 1 aromatic rings. The molecule has 0 aliphatic heterocycles. The average Bonchev–Trinajstić information content (AvgIpc) is 2.04. The molecule has 0 radical (unpaired) electrons. The molecule has 2 heteroatoms. The molecule has 0 aromatic heterocycles. The number of hydrogen-bond acceptors (Lipinski definition) is 2. The molecule has 0 nitrogen and oxygen atoms in total. The summed E-state index contributed by atoms with van der Waals surface area (Å²) in [4.78, 5) is 0. The van der Waals surface area contributed by atoms with Crippen molar-refractivity contribution < 1.29 is 0 Å². The Balaban J connectivity index is 0.000000500. The number of hydrogen-bond donors (Lipinski definition) is 2. The summed E-state index contributed by atoms with van der Waals surface area (Å²) >= 11 is 8.07. The van der Waals surface area contributed by atoms with Gasteiger partial charge in [-0.25, -0.2) is 0 Å². The zero-order chi connectivity index (χ0) is 11.1. The molecule has 0 saturated carbocycles. The minimum Gasteiger partial charge on any atom is -0.180 e. The molecule has 0 saturated heterocycles. The summed E-state index contributed by atoms with van der Waals surface area (Å²) in [6.07, 6.45) is 0. The van der Waals surface area contributed by atoms with Gasteiger partial charge in [-0.05, 0) is 43.2 Å². The van der Waals surface area contributed by atoms with Gasteiger partial charge in [-0.1, -0.05) is 24.6 Å². The molecule has 0 unspecified atom stereocenters. The standard InChI is InChI=1S/C10H14S.C2H6S/c1-7-4-8(2)10(6-11)9(3)5-7;1-2-3/h4-5,11H,6H2,1-3H3;3H,2H2,1H3. The molecular weight excluding hydrogens is 208 g/mol. The van der Waals surface area contributed by atoms with Crippen LogP contribution in [0.3, 0.4) is 0 Å². The topological polar surface area (TPSA) is 0 Å². The highest BCUT2D eigenvalue weighted by Gasteiger charge is 2.00. The maximum absolute atomic E-state index is 4.28. The number of benzene rings is 1. The van der Waals surface area contributed by atoms with Gasteiger partial charge in [0.15, 0.2) is 0 Å². The van der Waals surface area contributed by atoms with Gasteiger partial charge in [0.25, 0.3) is 0 Å². The normalized spacial score (nSPS) is 9.29. The van der Waals surface area contributed by atoms with Gasteiger partial charge in [0.1, 0.15) is 0 Å². The van der Waals surface area contributed by atoms with E-state index in [1.165, 1.54) is 22.3 Å². The predicted octanol–water partition coefficient (Wildman–Crippen LogP) is 3.98. The van der Waals surface area contributed by atoms with Crippen molar-refractivity contribution in [3.63, 3.8) is 0 Å². The lowest BCUT2D eigenvalue weighted by molar-refractivity contribution is 1.22. The van der Waals surface area contributed by atoms with Crippen LogP contribution >= 0.6 is 25.3 Å². The second-order valence-electron chi connectivity index (χ2n) is 3.35. The minimum atomic E-state index is 0.845. The van der Waals surface area contributed by atoms with E-state index >= 15 is 0 Å². The highest BCUT2D eigenvalue weighted by molar-refractivity contribution is 7.80. The maximum Gasteiger partial charge on any atom is 0.0159 e. The highest BCUT2D eigenvalue weighted by Crippen LogP contribution is 2.17. The van der Waals surface area contributed by atoms with Gasteiger partial charge in [-0.3, -0.25) is 0 Å². The summed E-state index contributed by atoms with van der Waals surface area (Å²) in [6.45, 7) is 8.41. The summed E-state index contributed by atoms with van der Waals surface area (Å²) < 4.78 is 0. The van der Waals surface area contributed by atoms with Crippen molar-refractivity contribution >= 4 is 25.3 Å². The van der Waals surface area contributed by atoms with E-state index in [-0.39, 0.29) is 0 Å². The second kappa shape index (κ2) is 7.24. The van der Waals surface area contributed by atoms with E-state index in [4.69, 9.17) is 0 Å². The Kier molecular flexibility index (Phi) is 7.20. The number of thiol groups is 2. The quantitative estimate of drug-likeness (QED) is 0.668. The van der Waals surface area contributed by atoms with Crippen LogP contribution in [-0.4, -0.2) is 5.75 Å². The van der Waals surface area contributed by atoms with Gasteiger partial charge in [-0.2, -0.15) is 25.3 Å². The third kappa shape index (κ3) is 4.43.